The zero-order valence-electron chi connectivity index (χ0n) is 45.0. The van der Waals surface area contributed by atoms with Crippen LogP contribution in [0.3, 0.4) is 0 Å². The Balaban J connectivity index is -0.000000146. The number of carbonyl (C=O) groups is 3. The van der Waals surface area contributed by atoms with Crippen LogP contribution in [0.2, 0.25) is 0 Å². The first-order valence-corrected chi connectivity index (χ1v) is 33.8. The number of allylic oxidation sites excluding steroid dienone is 1. The number of aldehydes is 1. The first-order valence-electron chi connectivity index (χ1n) is 23.8. The molecule has 2 amide bonds. The predicted octanol–water partition coefficient (Wildman–Crippen LogP) is 5.57. The van der Waals surface area contributed by atoms with E-state index in [1.807, 2.05) is 0 Å². The van der Waals surface area contributed by atoms with Gasteiger partial charge in [0.25, 0.3) is 40.5 Å². The molecule has 0 rings (SSSR count). The van der Waals surface area contributed by atoms with E-state index in [9.17, 15) is 56.5 Å². The zero-order valence-corrected chi connectivity index (χ0v) is 49.8. The summed E-state index contributed by atoms with van der Waals surface area (Å²) in [7, 11) is -12.1. The van der Waals surface area contributed by atoms with Crippen molar-refractivity contribution in [3.63, 3.8) is 0 Å². The predicted molar refractivity (Wildman–Crippen MR) is 292 cm³/mol. The average molecular weight is 1180 g/mol. The minimum absolute atomic E-state index is 0.172. The molecule has 0 radical (unpaired) electrons. The fraction of sp³-hybridized carbons (Fsp3) is 0.800. The Bertz CT molecular complexity index is 1640. The van der Waals surface area contributed by atoms with Gasteiger partial charge < -0.3 is 29.7 Å². The van der Waals surface area contributed by atoms with Crippen LogP contribution in [0.25, 0.3) is 0 Å². The van der Waals surface area contributed by atoms with Gasteiger partial charge in [0.2, 0.25) is 21.9 Å². The van der Waals surface area contributed by atoms with Gasteiger partial charge in [-0.2, -0.15) is 33.7 Å². The van der Waals surface area contributed by atoms with Crippen LogP contribution in [-0.2, 0) is 80.6 Å². The summed E-state index contributed by atoms with van der Waals surface area (Å²) in [5, 5.41) is 16.6. The second kappa shape index (κ2) is 58.8. The van der Waals surface area contributed by atoms with Crippen molar-refractivity contribution in [2.75, 3.05) is 104 Å². The summed E-state index contributed by atoms with van der Waals surface area (Å²) >= 11 is 0. The fourth-order valence-corrected chi connectivity index (χ4v) is 6.27. The van der Waals surface area contributed by atoms with Crippen molar-refractivity contribution >= 4 is 79.3 Å². The zero-order chi connectivity index (χ0) is 58.1. The van der Waals surface area contributed by atoms with Crippen molar-refractivity contribution < 1.29 is 83.4 Å². The number of nitrogens with zero attached hydrogens (tertiary/aromatic N) is 3. The number of unbranched alkanes of at least 4 members (excludes halogenated alkanes) is 12. The normalized spacial score (nSPS) is 11.0. The van der Waals surface area contributed by atoms with E-state index in [4.69, 9.17) is 10.2 Å². The molecule has 0 saturated carbocycles. The van der Waals surface area contributed by atoms with Gasteiger partial charge in [0.15, 0.2) is 0 Å². The SMILES string of the molecule is C=CCC=O.C=CN(C=O)CCCCCCN(C=C)C=O.CCN(CC)CC.CS(=O)(=O)Cl.CS(=O)(=O)OCCCCCCOS(C)(=O)=O.CS(=O)(=O)OCCCCCCOS(C)(=O)=O.OCCCCCCO. The molecule has 0 aromatic heterocycles. The Kier molecular flexibility index (Phi) is 68.1. The van der Waals surface area contributed by atoms with Gasteiger partial charge >= 0.3 is 0 Å². The summed E-state index contributed by atoms with van der Waals surface area (Å²) in [6.07, 6.45) is 25.9. The number of halogens is 1. The number of aliphatic hydroxyl groups is 2. The third kappa shape index (κ3) is 111. The number of hydrogen-bond donors (Lipinski definition) is 2. The number of hydrogen-bond acceptors (Lipinski definition) is 20. The average Bonchev–Trinajstić information content (AvgIpc) is 3.28. The van der Waals surface area contributed by atoms with Crippen LogP contribution in [0.1, 0.15) is 130 Å². The standard InChI is InChI=1S/C12H20N2O2.2C8H18O6S2.C6H15N.C6H14O2.C4H6O.CH3ClO2S/c1-3-13(11-15)9-7-5-6-8-10-14(4-2)12-16;2*1-15(9,10)13-7-5-3-4-6-8-14-16(2,11)12;1-4-7(5-2)6-3;7-5-3-1-2-4-6-8;1-2-3-4-5;1-5(2,3)4/h3-4,11-12H,1-2,5-10H2;2*3-8H2,1-2H3;4-6H2,1-3H3;7-8H,1-6H2;2,4H,1,3H2;1H3. The third-order valence-electron chi connectivity index (χ3n) is 8.26. The first kappa shape index (κ1) is 84.5. The Morgan fingerprint density at radius 2 is 0.671 bits per heavy atom. The molecule has 73 heavy (non-hydrogen) atoms. The number of rotatable bonds is 39. The third-order valence-corrected chi connectivity index (χ3v) is 10.6. The minimum atomic E-state index is -3.34. The number of aliphatic hydroxyl groups excluding tert-OH is 2. The molecule has 22 nitrogen and oxygen atoms in total. The Hall–Kier alpha value is -2.41. The Morgan fingerprint density at radius 3 is 0.808 bits per heavy atom. The summed E-state index contributed by atoms with van der Waals surface area (Å²) in [4.78, 5) is 35.6. The molecule has 0 unspecified atom stereocenters. The van der Waals surface area contributed by atoms with Crippen molar-refractivity contribution in [3.8, 4) is 0 Å². The molecule has 0 bridgehead atoms. The molecule has 0 spiro atoms. The van der Waals surface area contributed by atoms with E-state index in [0.717, 1.165) is 127 Å². The summed E-state index contributed by atoms with van der Waals surface area (Å²) in [5.41, 5.74) is 0. The summed E-state index contributed by atoms with van der Waals surface area (Å²) in [6, 6.07) is 0. The van der Waals surface area contributed by atoms with Gasteiger partial charge in [-0.15, -0.1) is 6.58 Å². The van der Waals surface area contributed by atoms with Crippen LogP contribution in [0.4, 0.5) is 0 Å². The van der Waals surface area contributed by atoms with E-state index < -0.39 is 49.5 Å². The highest BCUT2D eigenvalue weighted by Gasteiger charge is 2.04. The van der Waals surface area contributed by atoms with E-state index in [-0.39, 0.29) is 39.6 Å². The second-order valence-electron chi connectivity index (χ2n) is 15.3. The topological polar surface area (TPSA) is 309 Å². The van der Waals surface area contributed by atoms with Gasteiger partial charge in [0.05, 0.1) is 57.7 Å². The molecule has 0 aromatic rings. The molecule has 0 aliphatic carbocycles. The number of amides is 2. The van der Waals surface area contributed by atoms with E-state index in [1.54, 1.807) is 6.08 Å². The Morgan fingerprint density at radius 1 is 0.438 bits per heavy atom. The minimum Gasteiger partial charge on any atom is -0.396 e. The van der Waals surface area contributed by atoms with Gasteiger partial charge in [-0.3, -0.25) is 26.3 Å². The van der Waals surface area contributed by atoms with Gasteiger partial charge in [-0.25, -0.2) is 8.42 Å². The van der Waals surface area contributed by atoms with Crippen LogP contribution < -0.4 is 0 Å². The lowest BCUT2D eigenvalue weighted by molar-refractivity contribution is -0.116. The fourth-order valence-electron chi connectivity index (χ4n) is 4.59. The largest absolute Gasteiger partial charge is 0.396 e. The molecule has 0 aliphatic heterocycles. The lowest BCUT2D eigenvalue weighted by Crippen LogP contribution is -2.21. The van der Waals surface area contributed by atoms with Crippen LogP contribution in [0.5, 0.6) is 0 Å². The molecule has 0 heterocycles. The first-order chi connectivity index (χ1) is 33.9. The van der Waals surface area contributed by atoms with Crippen LogP contribution in [0, 0.1) is 0 Å². The highest BCUT2D eigenvalue weighted by atomic mass is 35.7. The van der Waals surface area contributed by atoms with Gasteiger partial charge in [0.1, 0.15) is 6.29 Å². The number of carbonyl (C=O) groups excluding carboxylic acids is 3. The molecule has 2 N–H and O–H groups in total. The maximum absolute atomic E-state index is 10.6. The molecular weight excluding hydrogens is 1080 g/mol. The van der Waals surface area contributed by atoms with Crippen LogP contribution in [-0.4, -0.2) is 190 Å². The highest BCUT2D eigenvalue weighted by molar-refractivity contribution is 8.13. The van der Waals surface area contributed by atoms with Crippen molar-refractivity contribution in [1.29, 1.82) is 0 Å². The smallest absolute Gasteiger partial charge is 0.264 e. The monoisotopic (exact) mass is 1180 g/mol. The van der Waals surface area contributed by atoms with E-state index in [0.29, 0.717) is 45.2 Å². The second-order valence-corrected chi connectivity index (χ2v) is 24.9. The van der Waals surface area contributed by atoms with Crippen molar-refractivity contribution in [3.05, 3.63) is 38.2 Å². The van der Waals surface area contributed by atoms with Crippen molar-refractivity contribution in [2.45, 2.75) is 130 Å². The van der Waals surface area contributed by atoms with E-state index in [2.05, 4.69) is 72.8 Å². The lowest BCUT2D eigenvalue weighted by atomic mass is 10.2. The summed E-state index contributed by atoms with van der Waals surface area (Å²) in [5.74, 6) is 0. The van der Waals surface area contributed by atoms with Gasteiger partial charge in [-0.1, -0.05) is 91.4 Å². The van der Waals surface area contributed by atoms with E-state index in [1.165, 1.54) is 41.8 Å². The van der Waals surface area contributed by atoms with Crippen LogP contribution >= 0.6 is 10.7 Å². The molecular formula is C45H94ClN3O19S5. The van der Waals surface area contributed by atoms with Crippen molar-refractivity contribution in [2.24, 2.45) is 0 Å². The molecule has 0 aliphatic rings. The maximum Gasteiger partial charge on any atom is 0.264 e. The van der Waals surface area contributed by atoms with Gasteiger partial charge in [-0.05, 0) is 83.4 Å². The molecule has 0 atom stereocenters. The Labute approximate surface area is 446 Å². The molecule has 28 heteroatoms. The molecule has 0 saturated heterocycles. The quantitative estimate of drug-likeness (QED) is 0.0250. The lowest BCUT2D eigenvalue weighted by Gasteiger charge is -2.13. The van der Waals surface area contributed by atoms with Gasteiger partial charge in [0, 0.05) is 43.4 Å². The van der Waals surface area contributed by atoms with E-state index >= 15 is 0 Å². The highest BCUT2D eigenvalue weighted by Crippen LogP contribution is 2.05. The summed E-state index contributed by atoms with van der Waals surface area (Å²) < 4.78 is 121. The maximum atomic E-state index is 10.6. The summed E-state index contributed by atoms with van der Waals surface area (Å²) in [6.45, 7) is 23.2. The molecule has 0 fully saturated rings. The van der Waals surface area contributed by atoms with Crippen molar-refractivity contribution in [1.82, 2.24) is 14.7 Å². The van der Waals surface area contributed by atoms with Crippen LogP contribution in [0.15, 0.2) is 38.2 Å². The molecule has 0 aromatic carbocycles. The molecule has 440 valence electrons.